The third-order valence-corrected chi connectivity index (χ3v) is 3.91. The van der Waals surface area contributed by atoms with Crippen LogP contribution in [0.4, 0.5) is 0 Å². The van der Waals surface area contributed by atoms with Crippen molar-refractivity contribution in [2.75, 3.05) is 32.7 Å². The molecule has 1 atom stereocenters. The summed E-state index contributed by atoms with van der Waals surface area (Å²) in [7, 11) is 0. The molecule has 0 spiro atoms. The molecule has 3 saturated heterocycles. The maximum atomic E-state index is 11.8. The van der Waals surface area contributed by atoms with Gasteiger partial charge in [0, 0.05) is 24.5 Å². The highest BCUT2D eigenvalue weighted by molar-refractivity contribution is 5.85. The zero-order valence-corrected chi connectivity index (χ0v) is 9.80. The van der Waals surface area contributed by atoms with Crippen LogP contribution in [0.2, 0.25) is 0 Å². The van der Waals surface area contributed by atoms with Crippen LogP contribution in [0, 0.1) is 5.92 Å². The Morgan fingerprint density at radius 1 is 1.59 bits per heavy atom. The van der Waals surface area contributed by atoms with Gasteiger partial charge in [0.2, 0.25) is 5.91 Å². The number of rotatable bonds is 5. The van der Waals surface area contributed by atoms with Gasteiger partial charge in [-0.1, -0.05) is 5.11 Å². The lowest BCUT2D eigenvalue weighted by Crippen LogP contribution is -2.71. The third-order valence-electron chi connectivity index (χ3n) is 3.91. The number of hydrogen-bond acceptors (Lipinski definition) is 4. The molecule has 0 saturated carbocycles. The van der Waals surface area contributed by atoms with E-state index in [1.165, 1.54) is 0 Å². The van der Waals surface area contributed by atoms with Gasteiger partial charge in [-0.25, -0.2) is 0 Å². The van der Waals surface area contributed by atoms with Crippen LogP contribution in [-0.4, -0.2) is 49.1 Å². The Kier molecular flexibility index (Phi) is 3.51. The van der Waals surface area contributed by atoms with E-state index in [-0.39, 0.29) is 5.91 Å². The average Bonchev–Trinajstić information content (AvgIpc) is 2.36. The van der Waals surface area contributed by atoms with E-state index in [4.69, 9.17) is 11.3 Å². The molecule has 1 unspecified atom stereocenters. The fourth-order valence-electron chi connectivity index (χ4n) is 3.01. The van der Waals surface area contributed by atoms with E-state index in [0.717, 1.165) is 25.9 Å². The molecule has 0 aliphatic carbocycles. The van der Waals surface area contributed by atoms with Crippen LogP contribution in [0.15, 0.2) is 5.11 Å². The van der Waals surface area contributed by atoms with Gasteiger partial charge in [0.1, 0.15) is 5.54 Å². The van der Waals surface area contributed by atoms with Gasteiger partial charge in [0.15, 0.2) is 0 Å². The summed E-state index contributed by atoms with van der Waals surface area (Å²) < 4.78 is 0. The van der Waals surface area contributed by atoms with Crippen molar-refractivity contribution < 1.29 is 4.79 Å². The molecule has 3 fully saturated rings. The standard InChI is InChI=1S/C10H18N6O/c11-9(17)10(13-3-4-14-15-12)7-16-5-1-8(10)2-6-16/h8,13H,1-7H2,(H2,11,17). The molecule has 0 radical (unpaired) electrons. The van der Waals surface area contributed by atoms with Gasteiger partial charge in [0.05, 0.1) is 0 Å². The van der Waals surface area contributed by atoms with E-state index in [0.29, 0.717) is 25.6 Å². The van der Waals surface area contributed by atoms with Crippen molar-refractivity contribution >= 4 is 5.91 Å². The molecule has 94 valence electrons. The quantitative estimate of drug-likeness (QED) is 0.300. The largest absolute Gasteiger partial charge is 0.368 e. The zero-order valence-electron chi connectivity index (χ0n) is 9.80. The number of carbonyl (C=O) groups excluding carboxylic acids is 1. The SMILES string of the molecule is [N-]=[N+]=NCCNC1(C(N)=O)CN2CCC1CC2. The van der Waals surface area contributed by atoms with Crippen molar-refractivity contribution in [1.29, 1.82) is 0 Å². The minimum absolute atomic E-state index is 0.284. The summed E-state index contributed by atoms with van der Waals surface area (Å²) in [5, 5.41) is 6.68. The lowest BCUT2D eigenvalue weighted by molar-refractivity contribution is -0.132. The van der Waals surface area contributed by atoms with Crippen molar-refractivity contribution in [2.24, 2.45) is 16.8 Å². The van der Waals surface area contributed by atoms with Crippen molar-refractivity contribution in [1.82, 2.24) is 10.2 Å². The fourth-order valence-corrected chi connectivity index (χ4v) is 3.01. The summed E-state index contributed by atoms with van der Waals surface area (Å²) in [6.45, 7) is 3.63. The molecule has 3 aliphatic heterocycles. The lowest BCUT2D eigenvalue weighted by Gasteiger charge is -2.51. The highest BCUT2D eigenvalue weighted by Gasteiger charge is 2.50. The maximum Gasteiger partial charge on any atom is 0.239 e. The van der Waals surface area contributed by atoms with Crippen LogP contribution in [0.25, 0.3) is 10.4 Å². The van der Waals surface area contributed by atoms with Crippen molar-refractivity contribution in [3.63, 3.8) is 0 Å². The number of hydrogen-bond donors (Lipinski definition) is 2. The maximum absolute atomic E-state index is 11.8. The molecular weight excluding hydrogens is 220 g/mol. The monoisotopic (exact) mass is 238 g/mol. The number of amides is 1. The van der Waals surface area contributed by atoms with E-state index >= 15 is 0 Å². The molecule has 0 aromatic rings. The number of azide groups is 1. The summed E-state index contributed by atoms with van der Waals surface area (Å²) >= 11 is 0. The Hall–Kier alpha value is -1.30. The molecule has 3 heterocycles. The zero-order chi connectivity index (χ0) is 12.3. The molecule has 7 heteroatoms. The first-order valence-corrected chi connectivity index (χ1v) is 5.97. The number of piperidine rings is 3. The summed E-state index contributed by atoms with van der Waals surface area (Å²) in [5.41, 5.74) is 13.2. The molecule has 3 N–H and O–H groups in total. The second-order valence-electron chi connectivity index (χ2n) is 4.77. The van der Waals surface area contributed by atoms with Crippen molar-refractivity contribution in [3.8, 4) is 0 Å². The van der Waals surface area contributed by atoms with E-state index in [9.17, 15) is 4.79 Å². The number of nitrogens with two attached hydrogens (primary N) is 1. The highest BCUT2D eigenvalue weighted by Crippen LogP contribution is 2.35. The Balaban J connectivity index is 2.05. The molecule has 0 aromatic carbocycles. The number of primary amides is 1. The second-order valence-corrected chi connectivity index (χ2v) is 4.77. The fraction of sp³-hybridized carbons (Fsp3) is 0.900. The van der Waals surface area contributed by atoms with Gasteiger partial charge in [-0.15, -0.1) is 0 Å². The lowest BCUT2D eigenvalue weighted by atomic mass is 9.72. The van der Waals surface area contributed by atoms with Gasteiger partial charge in [0.25, 0.3) is 0 Å². The molecule has 3 aliphatic rings. The summed E-state index contributed by atoms with van der Waals surface area (Å²) in [6, 6.07) is 0. The smallest absolute Gasteiger partial charge is 0.239 e. The van der Waals surface area contributed by atoms with Gasteiger partial charge < -0.3 is 16.0 Å². The molecule has 3 rings (SSSR count). The minimum atomic E-state index is -0.624. The first-order valence-electron chi connectivity index (χ1n) is 5.97. The minimum Gasteiger partial charge on any atom is -0.368 e. The average molecular weight is 238 g/mol. The van der Waals surface area contributed by atoms with E-state index in [1.54, 1.807) is 0 Å². The predicted molar refractivity (Wildman–Crippen MR) is 63.1 cm³/mol. The van der Waals surface area contributed by atoms with Gasteiger partial charge in [-0.2, -0.15) is 0 Å². The van der Waals surface area contributed by atoms with Crippen LogP contribution >= 0.6 is 0 Å². The van der Waals surface area contributed by atoms with Crippen LogP contribution in [-0.2, 0) is 4.79 Å². The topological polar surface area (TPSA) is 107 Å². The summed E-state index contributed by atoms with van der Waals surface area (Å²) in [5.74, 6) is 0.0314. The van der Waals surface area contributed by atoms with Crippen molar-refractivity contribution in [3.05, 3.63) is 10.4 Å². The van der Waals surface area contributed by atoms with E-state index < -0.39 is 5.54 Å². The summed E-state index contributed by atoms with van der Waals surface area (Å²) in [4.78, 5) is 16.7. The van der Waals surface area contributed by atoms with E-state index in [2.05, 4.69) is 20.2 Å². The van der Waals surface area contributed by atoms with Crippen LogP contribution in [0.5, 0.6) is 0 Å². The number of carbonyl (C=O) groups is 1. The molecule has 1 amide bonds. The normalized spacial score (nSPS) is 35.3. The van der Waals surface area contributed by atoms with E-state index in [1.807, 2.05) is 0 Å². The van der Waals surface area contributed by atoms with Crippen LogP contribution < -0.4 is 11.1 Å². The Morgan fingerprint density at radius 3 is 2.76 bits per heavy atom. The third kappa shape index (κ3) is 2.22. The number of nitrogens with one attached hydrogen (secondary N) is 1. The molecule has 17 heavy (non-hydrogen) atoms. The van der Waals surface area contributed by atoms with Gasteiger partial charge >= 0.3 is 0 Å². The van der Waals surface area contributed by atoms with Gasteiger partial charge in [-0.3, -0.25) is 4.79 Å². The Bertz CT molecular complexity index is 345. The van der Waals surface area contributed by atoms with Crippen molar-refractivity contribution in [2.45, 2.75) is 18.4 Å². The van der Waals surface area contributed by atoms with Crippen LogP contribution in [0.1, 0.15) is 12.8 Å². The van der Waals surface area contributed by atoms with Gasteiger partial charge in [-0.05, 0) is 37.4 Å². The molecule has 0 aromatic heterocycles. The number of nitrogens with zero attached hydrogens (tertiary/aromatic N) is 4. The molecular formula is C10H18N6O. The molecule has 7 nitrogen and oxygen atoms in total. The highest BCUT2D eigenvalue weighted by atomic mass is 16.1. The first-order chi connectivity index (χ1) is 8.19. The Labute approximate surface area is 100.0 Å². The van der Waals surface area contributed by atoms with Crippen LogP contribution in [0.3, 0.4) is 0 Å². The predicted octanol–water partition coefficient (Wildman–Crippen LogP) is -0.164. The Morgan fingerprint density at radius 2 is 2.29 bits per heavy atom. The first kappa shape index (κ1) is 12.2. The number of fused-ring (bicyclic) bond motifs is 3. The second kappa shape index (κ2) is 4.91. The summed E-state index contributed by atoms with van der Waals surface area (Å²) in [6.07, 6.45) is 2.02. The molecule has 2 bridgehead atoms.